The normalized spacial score (nSPS) is 15.5. The minimum absolute atomic E-state index is 0.231. The summed E-state index contributed by atoms with van der Waals surface area (Å²) in [6.07, 6.45) is 5.61. The maximum Gasteiger partial charge on any atom is 0.275 e. The molecule has 1 saturated heterocycles. The van der Waals surface area contributed by atoms with Gasteiger partial charge in [-0.2, -0.15) is 0 Å². The Morgan fingerprint density at radius 1 is 1.17 bits per heavy atom. The largest absolute Gasteiger partial charge is 0.355 e. The van der Waals surface area contributed by atoms with E-state index in [1.165, 1.54) is 12.8 Å². The first-order valence-electron chi connectivity index (χ1n) is 8.07. The zero-order valence-corrected chi connectivity index (χ0v) is 13.6. The fourth-order valence-corrected chi connectivity index (χ4v) is 2.74. The molecule has 0 spiro atoms. The van der Waals surface area contributed by atoms with Gasteiger partial charge in [0.2, 0.25) is 0 Å². The molecule has 1 aliphatic rings. The highest BCUT2D eigenvalue weighted by Crippen LogP contribution is 2.20. The lowest BCUT2D eigenvalue weighted by Crippen LogP contribution is -2.33. The molecule has 23 heavy (non-hydrogen) atoms. The van der Waals surface area contributed by atoms with Gasteiger partial charge in [-0.15, -0.1) is 0 Å². The molecule has 0 saturated carbocycles. The number of hydrogen-bond acceptors (Lipinski definition) is 4. The lowest BCUT2D eigenvalue weighted by molar-refractivity contribution is 0.102. The van der Waals surface area contributed by atoms with E-state index in [0.717, 1.165) is 36.1 Å². The van der Waals surface area contributed by atoms with Crippen molar-refractivity contribution in [2.24, 2.45) is 5.92 Å². The molecule has 1 fully saturated rings. The molecule has 0 atom stereocenters. The standard InChI is InChI=1S/C18H22N4O/c1-13-7-9-22(10-8-13)17-12-19-16(11-20-17)18(23)21-15-6-4-3-5-14(15)2/h3-6,11-13H,7-10H2,1-2H3,(H,21,23). The van der Waals surface area contributed by atoms with Gasteiger partial charge in [-0.05, 0) is 37.3 Å². The van der Waals surface area contributed by atoms with Crippen molar-refractivity contribution in [2.75, 3.05) is 23.3 Å². The summed E-state index contributed by atoms with van der Waals surface area (Å²) in [7, 11) is 0. The summed E-state index contributed by atoms with van der Waals surface area (Å²) in [5.74, 6) is 1.40. The van der Waals surface area contributed by atoms with Gasteiger partial charge >= 0.3 is 0 Å². The van der Waals surface area contributed by atoms with Crippen molar-refractivity contribution in [3.05, 3.63) is 47.9 Å². The summed E-state index contributed by atoms with van der Waals surface area (Å²) in [6.45, 7) is 6.25. The summed E-state index contributed by atoms with van der Waals surface area (Å²) in [4.78, 5) is 23.2. The molecule has 1 aromatic carbocycles. The lowest BCUT2D eigenvalue weighted by atomic mass is 9.99. The molecule has 0 bridgehead atoms. The Morgan fingerprint density at radius 3 is 2.57 bits per heavy atom. The highest BCUT2D eigenvalue weighted by Gasteiger charge is 2.18. The number of para-hydroxylation sites is 1. The first-order valence-corrected chi connectivity index (χ1v) is 8.07. The van der Waals surface area contributed by atoms with Gasteiger partial charge in [0.15, 0.2) is 0 Å². The topological polar surface area (TPSA) is 58.1 Å². The van der Waals surface area contributed by atoms with Crippen LogP contribution in [0.2, 0.25) is 0 Å². The van der Waals surface area contributed by atoms with Crippen LogP contribution in [0, 0.1) is 12.8 Å². The molecule has 5 heteroatoms. The van der Waals surface area contributed by atoms with Crippen LogP contribution in [0.3, 0.4) is 0 Å². The summed E-state index contributed by atoms with van der Waals surface area (Å²) < 4.78 is 0. The van der Waals surface area contributed by atoms with E-state index in [0.29, 0.717) is 5.69 Å². The van der Waals surface area contributed by atoms with Crippen LogP contribution < -0.4 is 10.2 Å². The number of nitrogens with zero attached hydrogens (tertiary/aromatic N) is 3. The monoisotopic (exact) mass is 310 g/mol. The Bertz CT molecular complexity index is 676. The van der Waals surface area contributed by atoms with Gasteiger partial charge in [-0.25, -0.2) is 9.97 Å². The van der Waals surface area contributed by atoms with Crippen LogP contribution in [0.15, 0.2) is 36.7 Å². The fraction of sp³-hybridized carbons (Fsp3) is 0.389. The van der Waals surface area contributed by atoms with Gasteiger partial charge in [-0.1, -0.05) is 25.1 Å². The van der Waals surface area contributed by atoms with Crippen molar-refractivity contribution < 1.29 is 4.79 Å². The van der Waals surface area contributed by atoms with Crippen LogP contribution in [-0.4, -0.2) is 29.0 Å². The van der Waals surface area contributed by atoms with Crippen LogP contribution in [0.5, 0.6) is 0 Å². The van der Waals surface area contributed by atoms with E-state index >= 15 is 0 Å². The molecular formula is C18H22N4O. The van der Waals surface area contributed by atoms with E-state index in [1.54, 1.807) is 12.4 Å². The number of hydrogen-bond donors (Lipinski definition) is 1. The number of aryl methyl sites for hydroxylation is 1. The van der Waals surface area contributed by atoms with E-state index < -0.39 is 0 Å². The number of amides is 1. The minimum Gasteiger partial charge on any atom is -0.355 e. The number of benzene rings is 1. The second-order valence-corrected chi connectivity index (χ2v) is 6.20. The number of piperidine rings is 1. The Labute approximate surface area is 136 Å². The molecule has 120 valence electrons. The van der Waals surface area contributed by atoms with Crippen molar-refractivity contribution in [2.45, 2.75) is 26.7 Å². The smallest absolute Gasteiger partial charge is 0.275 e. The van der Waals surface area contributed by atoms with E-state index in [1.807, 2.05) is 31.2 Å². The first kappa shape index (κ1) is 15.5. The van der Waals surface area contributed by atoms with Crippen LogP contribution >= 0.6 is 0 Å². The molecule has 1 aliphatic heterocycles. The molecule has 1 N–H and O–H groups in total. The minimum atomic E-state index is -0.231. The maximum atomic E-state index is 12.3. The van der Waals surface area contributed by atoms with Crippen LogP contribution in [-0.2, 0) is 0 Å². The van der Waals surface area contributed by atoms with Gasteiger partial charge in [0.05, 0.1) is 12.4 Å². The SMILES string of the molecule is Cc1ccccc1NC(=O)c1cnc(N2CCC(C)CC2)cn1. The molecule has 0 unspecified atom stereocenters. The first-order chi connectivity index (χ1) is 11.1. The number of anilines is 2. The maximum absolute atomic E-state index is 12.3. The third-order valence-electron chi connectivity index (χ3n) is 4.37. The molecule has 3 rings (SSSR count). The van der Waals surface area contributed by atoms with Crippen LogP contribution in [0.4, 0.5) is 11.5 Å². The predicted octanol–water partition coefficient (Wildman–Crippen LogP) is 3.27. The Morgan fingerprint density at radius 2 is 1.91 bits per heavy atom. The van der Waals surface area contributed by atoms with Gasteiger partial charge < -0.3 is 10.2 Å². The number of nitrogens with one attached hydrogen (secondary N) is 1. The number of rotatable bonds is 3. The summed E-state index contributed by atoms with van der Waals surface area (Å²) in [5, 5.41) is 2.88. The average Bonchev–Trinajstić information content (AvgIpc) is 2.58. The number of aromatic nitrogens is 2. The second-order valence-electron chi connectivity index (χ2n) is 6.20. The predicted molar refractivity (Wildman–Crippen MR) is 91.8 cm³/mol. The second kappa shape index (κ2) is 6.77. The van der Waals surface area contributed by atoms with E-state index in [9.17, 15) is 4.79 Å². The number of carbonyl (C=O) groups is 1. The Kier molecular flexibility index (Phi) is 4.55. The zero-order valence-electron chi connectivity index (χ0n) is 13.6. The van der Waals surface area contributed by atoms with Crippen LogP contribution in [0.25, 0.3) is 0 Å². The average molecular weight is 310 g/mol. The fourth-order valence-electron chi connectivity index (χ4n) is 2.74. The molecule has 1 amide bonds. The molecule has 0 aliphatic carbocycles. The summed E-state index contributed by atoms with van der Waals surface area (Å²) >= 11 is 0. The summed E-state index contributed by atoms with van der Waals surface area (Å²) in [5.41, 5.74) is 2.16. The van der Waals surface area contributed by atoms with Gasteiger partial charge in [0.25, 0.3) is 5.91 Å². The molecular weight excluding hydrogens is 288 g/mol. The molecule has 5 nitrogen and oxygen atoms in total. The van der Waals surface area contributed by atoms with Crippen molar-refractivity contribution in [3.8, 4) is 0 Å². The number of carbonyl (C=O) groups excluding carboxylic acids is 1. The zero-order chi connectivity index (χ0) is 16.2. The van der Waals surface area contributed by atoms with Gasteiger partial charge in [0, 0.05) is 18.8 Å². The van der Waals surface area contributed by atoms with Crippen molar-refractivity contribution in [1.29, 1.82) is 0 Å². The quantitative estimate of drug-likeness (QED) is 0.945. The third kappa shape index (κ3) is 3.67. The third-order valence-corrected chi connectivity index (χ3v) is 4.37. The van der Waals surface area contributed by atoms with E-state index in [4.69, 9.17) is 0 Å². The Hall–Kier alpha value is -2.43. The Balaban J connectivity index is 1.67. The van der Waals surface area contributed by atoms with E-state index in [2.05, 4.69) is 27.1 Å². The highest BCUT2D eigenvalue weighted by molar-refractivity contribution is 6.03. The van der Waals surface area contributed by atoms with Crippen molar-refractivity contribution in [3.63, 3.8) is 0 Å². The molecule has 0 radical (unpaired) electrons. The van der Waals surface area contributed by atoms with Crippen molar-refractivity contribution >= 4 is 17.4 Å². The van der Waals surface area contributed by atoms with Crippen LogP contribution in [0.1, 0.15) is 35.8 Å². The van der Waals surface area contributed by atoms with Gasteiger partial charge in [0.1, 0.15) is 11.5 Å². The molecule has 2 aromatic rings. The lowest BCUT2D eigenvalue weighted by Gasteiger charge is -2.30. The highest BCUT2D eigenvalue weighted by atomic mass is 16.1. The molecule has 2 heterocycles. The van der Waals surface area contributed by atoms with E-state index in [-0.39, 0.29) is 5.91 Å². The van der Waals surface area contributed by atoms with Gasteiger partial charge in [-0.3, -0.25) is 4.79 Å². The van der Waals surface area contributed by atoms with Crippen molar-refractivity contribution in [1.82, 2.24) is 9.97 Å². The molecule has 1 aromatic heterocycles. The summed E-state index contributed by atoms with van der Waals surface area (Å²) in [6, 6.07) is 7.68.